The number of halogens is 2. The fraction of sp³-hybridized carbons (Fsp3) is 0.235. The van der Waals surface area contributed by atoms with E-state index in [9.17, 15) is 4.79 Å². The van der Waals surface area contributed by atoms with Crippen molar-refractivity contribution in [2.24, 2.45) is 0 Å². The molecule has 22 heavy (non-hydrogen) atoms. The third-order valence-electron chi connectivity index (χ3n) is 3.63. The molecule has 114 valence electrons. The smallest absolute Gasteiger partial charge is 0.254 e. The van der Waals surface area contributed by atoms with Gasteiger partial charge in [-0.2, -0.15) is 11.8 Å². The van der Waals surface area contributed by atoms with Gasteiger partial charge in [0.15, 0.2) is 0 Å². The van der Waals surface area contributed by atoms with Crippen LogP contribution in [0, 0.1) is 0 Å². The minimum absolute atomic E-state index is 0.00867. The van der Waals surface area contributed by atoms with Gasteiger partial charge < -0.3 is 4.90 Å². The van der Waals surface area contributed by atoms with Crippen molar-refractivity contribution in [2.45, 2.75) is 5.25 Å². The topological polar surface area (TPSA) is 20.3 Å². The maximum Gasteiger partial charge on any atom is 0.254 e. The first-order valence-corrected chi connectivity index (χ1v) is 8.86. The molecule has 1 atom stereocenters. The number of carbonyl (C=O) groups is 1. The molecule has 0 N–H and O–H groups in total. The third kappa shape index (κ3) is 3.60. The Kier molecular flexibility index (Phi) is 4.97. The predicted octanol–water partition coefficient (Wildman–Crippen LogP) is 4.92. The van der Waals surface area contributed by atoms with Crippen LogP contribution in [0.15, 0.2) is 48.5 Å². The molecule has 0 saturated carbocycles. The predicted molar refractivity (Wildman–Crippen MR) is 94.0 cm³/mol. The lowest BCUT2D eigenvalue weighted by molar-refractivity contribution is 0.0761. The Bertz CT molecular complexity index is 657. The summed E-state index contributed by atoms with van der Waals surface area (Å²) in [5.41, 5.74) is 1.81. The molecule has 0 bridgehead atoms. The highest BCUT2D eigenvalue weighted by Crippen LogP contribution is 2.33. The van der Waals surface area contributed by atoms with Gasteiger partial charge in [-0.25, -0.2) is 0 Å². The minimum Gasteiger partial charge on any atom is -0.336 e. The second-order valence-electron chi connectivity index (χ2n) is 5.18. The van der Waals surface area contributed by atoms with Gasteiger partial charge in [-0.1, -0.05) is 53.5 Å². The van der Waals surface area contributed by atoms with Crippen LogP contribution in [0.5, 0.6) is 0 Å². The largest absolute Gasteiger partial charge is 0.336 e. The fourth-order valence-electron chi connectivity index (χ4n) is 2.56. The van der Waals surface area contributed by atoms with E-state index < -0.39 is 0 Å². The van der Waals surface area contributed by atoms with E-state index in [1.165, 1.54) is 5.56 Å². The van der Waals surface area contributed by atoms with Gasteiger partial charge in [-0.05, 0) is 23.8 Å². The van der Waals surface area contributed by atoms with Crippen LogP contribution in [0.3, 0.4) is 0 Å². The van der Waals surface area contributed by atoms with Crippen LogP contribution in [0.2, 0.25) is 10.0 Å². The van der Waals surface area contributed by atoms with E-state index in [-0.39, 0.29) is 5.91 Å². The van der Waals surface area contributed by atoms with Crippen molar-refractivity contribution >= 4 is 40.9 Å². The summed E-state index contributed by atoms with van der Waals surface area (Å²) in [7, 11) is 0. The van der Waals surface area contributed by atoms with Gasteiger partial charge in [0.05, 0.1) is 0 Å². The van der Waals surface area contributed by atoms with Gasteiger partial charge in [-0.3, -0.25) is 4.79 Å². The van der Waals surface area contributed by atoms with Gasteiger partial charge in [0.2, 0.25) is 0 Å². The number of hydrogen-bond acceptors (Lipinski definition) is 2. The summed E-state index contributed by atoms with van der Waals surface area (Å²) in [6.45, 7) is 1.45. The Morgan fingerprint density at radius 3 is 2.45 bits per heavy atom. The molecule has 1 aliphatic rings. The lowest BCUT2D eigenvalue weighted by Gasteiger charge is -2.32. The summed E-state index contributed by atoms with van der Waals surface area (Å²) < 4.78 is 0. The highest BCUT2D eigenvalue weighted by molar-refractivity contribution is 7.99. The molecule has 2 aromatic carbocycles. The molecule has 1 fully saturated rings. The number of hydrogen-bond donors (Lipinski definition) is 0. The van der Waals surface area contributed by atoms with Crippen LogP contribution in [-0.2, 0) is 0 Å². The van der Waals surface area contributed by atoms with Gasteiger partial charge in [0.25, 0.3) is 5.91 Å². The lowest BCUT2D eigenvalue weighted by Crippen LogP contribution is -2.39. The van der Waals surface area contributed by atoms with Gasteiger partial charge in [-0.15, -0.1) is 0 Å². The molecule has 2 aromatic rings. The molecule has 0 aromatic heterocycles. The average molecular weight is 352 g/mol. The first-order valence-electron chi connectivity index (χ1n) is 7.05. The number of carbonyl (C=O) groups excluding carboxylic acids is 1. The fourth-order valence-corrected chi connectivity index (χ4v) is 4.33. The summed E-state index contributed by atoms with van der Waals surface area (Å²) in [5, 5.41) is 1.29. The molecular formula is C17H15Cl2NOS. The summed E-state index contributed by atoms with van der Waals surface area (Å²) in [6.07, 6.45) is 0. The van der Waals surface area contributed by atoms with Crippen molar-refractivity contribution in [3.63, 3.8) is 0 Å². The zero-order chi connectivity index (χ0) is 15.5. The monoisotopic (exact) mass is 351 g/mol. The van der Waals surface area contributed by atoms with Crippen LogP contribution in [0.25, 0.3) is 0 Å². The highest BCUT2D eigenvalue weighted by atomic mass is 35.5. The molecule has 2 nitrogen and oxygen atoms in total. The summed E-state index contributed by atoms with van der Waals surface area (Å²) >= 11 is 13.9. The van der Waals surface area contributed by atoms with E-state index in [2.05, 4.69) is 12.1 Å². The number of thioether (sulfide) groups is 1. The van der Waals surface area contributed by atoms with Crippen molar-refractivity contribution in [3.05, 3.63) is 69.7 Å². The van der Waals surface area contributed by atoms with Crippen LogP contribution >= 0.6 is 35.0 Å². The van der Waals surface area contributed by atoms with Gasteiger partial charge >= 0.3 is 0 Å². The van der Waals surface area contributed by atoms with Crippen molar-refractivity contribution in [2.75, 3.05) is 18.8 Å². The lowest BCUT2D eigenvalue weighted by atomic mass is 10.1. The molecule has 0 spiro atoms. The molecule has 1 aliphatic heterocycles. The summed E-state index contributed by atoms with van der Waals surface area (Å²) in [5.74, 6) is 0.921. The average Bonchev–Trinajstić information content (AvgIpc) is 2.54. The molecule has 1 saturated heterocycles. The maximum atomic E-state index is 12.7. The molecule has 3 rings (SSSR count). The quantitative estimate of drug-likeness (QED) is 0.764. The Morgan fingerprint density at radius 1 is 1.09 bits per heavy atom. The van der Waals surface area contributed by atoms with Crippen molar-refractivity contribution in [3.8, 4) is 0 Å². The highest BCUT2D eigenvalue weighted by Gasteiger charge is 2.26. The number of rotatable bonds is 2. The van der Waals surface area contributed by atoms with Crippen molar-refractivity contribution < 1.29 is 4.79 Å². The standard InChI is InChI=1S/C17H15Cl2NOS/c18-14-8-13(9-15(19)10-14)17(21)20-6-7-22-16(11-20)12-4-2-1-3-5-12/h1-5,8-10,16H,6-7,11H2. The van der Waals surface area contributed by atoms with E-state index in [4.69, 9.17) is 23.2 Å². The zero-order valence-electron chi connectivity index (χ0n) is 11.8. The molecular weight excluding hydrogens is 337 g/mol. The SMILES string of the molecule is O=C(c1cc(Cl)cc(Cl)c1)N1CCSC(c2ccccc2)C1. The minimum atomic E-state index is -0.00867. The van der Waals surface area contributed by atoms with E-state index >= 15 is 0 Å². The van der Waals surface area contributed by atoms with Crippen LogP contribution < -0.4 is 0 Å². The summed E-state index contributed by atoms with van der Waals surface area (Å²) in [6, 6.07) is 15.3. The van der Waals surface area contributed by atoms with E-state index in [0.717, 1.165) is 12.3 Å². The van der Waals surface area contributed by atoms with Crippen LogP contribution in [-0.4, -0.2) is 29.6 Å². The van der Waals surface area contributed by atoms with Crippen molar-refractivity contribution in [1.82, 2.24) is 4.90 Å². The Labute approximate surface area is 144 Å². The van der Waals surface area contributed by atoms with Crippen molar-refractivity contribution in [1.29, 1.82) is 0 Å². The normalized spacial score (nSPS) is 18.3. The van der Waals surface area contributed by atoms with E-state index in [0.29, 0.717) is 27.4 Å². The molecule has 0 aliphatic carbocycles. The van der Waals surface area contributed by atoms with Gasteiger partial charge in [0, 0.05) is 39.7 Å². The van der Waals surface area contributed by atoms with Crippen LogP contribution in [0.1, 0.15) is 21.2 Å². The number of nitrogens with zero attached hydrogens (tertiary/aromatic N) is 1. The number of amides is 1. The second-order valence-corrected chi connectivity index (χ2v) is 7.36. The third-order valence-corrected chi connectivity index (χ3v) is 5.31. The maximum absolute atomic E-state index is 12.7. The zero-order valence-corrected chi connectivity index (χ0v) is 14.2. The molecule has 1 amide bonds. The van der Waals surface area contributed by atoms with E-state index in [1.54, 1.807) is 18.2 Å². The second kappa shape index (κ2) is 6.95. The molecule has 5 heteroatoms. The first kappa shape index (κ1) is 15.7. The number of benzene rings is 2. The van der Waals surface area contributed by atoms with Gasteiger partial charge in [0.1, 0.15) is 0 Å². The van der Waals surface area contributed by atoms with E-state index in [1.807, 2.05) is 34.9 Å². The Balaban J connectivity index is 1.78. The first-order chi connectivity index (χ1) is 10.6. The molecule has 0 radical (unpaired) electrons. The summed E-state index contributed by atoms with van der Waals surface area (Å²) in [4.78, 5) is 14.6. The van der Waals surface area contributed by atoms with Crippen LogP contribution in [0.4, 0.5) is 0 Å². The Hall–Kier alpha value is -1.16. The molecule has 1 unspecified atom stereocenters. The Morgan fingerprint density at radius 2 is 1.77 bits per heavy atom. The molecule has 1 heterocycles.